The van der Waals surface area contributed by atoms with Crippen molar-refractivity contribution >= 4 is 17.8 Å². The minimum absolute atomic E-state index is 0.311. The first-order chi connectivity index (χ1) is 9.23. The maximum Gasteiger partial charge on any atom is 0.328 e. The second-order valence-corrected chi connectivity index (χ2v) is 5.14. The van der Waals surface area contributed by atoms with E-state index in [1.54, 1.807) is 0 Å². The number of rotatable bonds is 9. The fourth-order valence-electron chi connectivity index (χ4n) is 1.44. The zero-order valence-electron chi connectivity index (χ0n) is 12.2. The molecule has 0 saturated heterocycles. The van der Waals surface area contributed by atoms with Gasteiger partial charge in [-0.05, 0) is 25.7 Å². The summed E-state index contributed by atoms with van der Waals surface area (Å²) in [5.41, 5.74) is 5.22. The summed E-state index contributed by atoms with van der Waals surface area (Å²) in [6.07, 6.45) is 1.36. The van der Waals surface area contributed by atoms with E-state index in [0.29, 0.717) is 12.5 Å². The molecular weight excluding hydrogens is 264 g/mol. The normalized spacial score (nSPS) is 13.7. The van der Waals surface area contributed by atoms with Gasteiger partial charge in [-0.15, -0.1) is 0 Å². The summed E-state index contributed by atoms with van der Waals surface area (Å²) in [7, 11) is 0. The molecule has 0 spiro atoms. The molecule has 0 aromatic heterocycles. The highest BCUT2D eigenvalue weighted by Gasteiger charge is 2.21. The van der Waals surface area contributed by atoms with Crippen LogP contribution in [0.4, 0.5) is 0 Å². The van der Waals surface area contributed by atoms with Crippen molar-refractivity contribution in [3.8, 4) is 0 Å². The van der Waals surface area contributed by atoms with Crippen molar-refractivity contribution < 1.29 is 24.2 Å². The van der Waals surface area contributed by atoms with Crippen LogP contribution in [0.15, 0.2) is 0 Å². The summed E-state index contributed by atoms with van der Waals surface area (Å²) in [6, 6.07) is -2.09. The topological polar surface area (TPSA) is 119 Å². The van der Waals surface area contributed by atoms with Gasteiger partial charge in [-0.1, -0.05) is 13.8 Å². The molecule has 0 aromatic carbocycles. The third-order valence-corrected chi connectivity index (χ3v) is 2.62. The van der Waals surface area contributed by atoms with Crippen LogP contribution in [-0.2, 0) is 19.1 Å². The van der Waals surface area contributed by atoms with E-state index in [-0.39, 0.29) is 6.42 Å². The lowest BCUT2D eigenvalue weighted by atomic mass is 10.1. The van der Waals surface area contributed by atoms with Crippen LogP contribution >= 0.6 is 0 Å². The SMILES string of the molecule is CC(C)CCCOC(=O)C(C)NC(=O)CC(N)C(=O)O. The van der Waals surface area contributed by atoms with E-state index in [1.165, 1.54) is 6.92 Å². The third kappa shape index (κ3) is 8.47. The van der Waals surface area contributed by atoms with Crippen molar-refractivity contribution in [3.63, 3.8) is 0 Å². The van der Waals surface area contributed by atoms with Gasteiger partial charge in [-0.2, -0.15) is 0 Å². The van der Waals surface area contributed by atoms with E-state index >= 15 is 0 Å². The maximum atomic E-state index is 11.6. The Hall–Kier alpha value is -1.63. The van der Waals surface area contributed by atoms with Gasteiger partial charge in [0.15, 0.2) is 0 Å². The summed E-state index contributed by atoms with van der Waals surface area (Å²) in [4.78, 5) is 33.5. The van der Waals surface area contributed by atoms with E-state index in [2.05, 4.69) is 19.2 Å². The molecule has 2 atom stereocenters. The van der Waals surface area contributed by atoms with Crippen molar-refractivity contribution in [2.24, 2.45) is 11.7 Å². The number of aliphatic carboxylic acids is 1. The number of carbonyl (C=O) groups excluding carboxylic acids is 2. The second kappa shape index (κ2) is 9.30. The van der Waals surface area contributed by atoms with Crippen LogP contribution in [0.5, 0.6) is 0 Å². The Morgan fingerprint density at radius 1 is 1.25 bits per heavy atom. The fourth-order valence-corrected chi connectivity index (χ4v) is 1.44. The molecule has 0 rings (SSSR count). The summed E-state index contributed by atoms with van der Waals surface area (Å²) < 4.78 is 5.01. The van der Waals surface area contributed by atoms with E-state index in [9.17, 15) is 14.4 Å². The quantitative estimate of drug-likeness (QED) is 0.414. The number of ether oxygens (including phenoxy) is 1. The average Bonchev–Trinajstić information content (AvgIpc) is 2.33. The molecule has 116 valence electrons. The molecule has 0 fully saturated rings. The van der Waals surface area contributed by atoms with Crippen LogP contribution in [0.2, 0.25) is 0 Å². The minimum atomic E-state index is -1.27. The van der Waals surface area contributed by atoms with E-state index in [1.807, 2.05) is 0 Å². The Morgan fingerprint density at radius 3 is 2.35 bits per heavy atom. The zero-order chi connectivity index (χ0) is 15.7. The number of hydrogen-bond donors (Lipinski definition) is 3. The molecule has 20 heavy (non-hydrogen) atoms. The summed E-state index contributed by atoms with van der Waals surface area (Å²) in [6.45, 7) is 5.95. The van der Waals surface area contributed by atoms with Gasteiger partial charge in [0.25, 0.3) is 0 Å². The lowest BCUT2D eigenvalue weighted by molar-refractivity contribution is -0.147. The number of carboxylic acid groups (broad SMARTS) is 1. The Labute approximate surface area is 118 Å². The highest BCUT2D eigenvalue weighted by molar-refractivity contribution is 5.87. The monoisotopic (exact) mass is 288 g/mol. The molecule has 1 amide bonds. The number of esters is 1. The molecule has 0 heterocycles. The summed E-state index contributed by atoms with van der Waals surface area (Å²) >= 11 is 0. The largest absolute Gasteiger partial charge is 0.480 e. The summed E-state index contributed by atoms with van der Waals surface area (Å²) in [5, 5.41) is 10.9. The molecule has 0 aliphatic heterocycles. The maximum absolute atomic E-state index is 11.6. The van der Waals surface area contributed by atoms with Gasteiger partial charge in [-0.25, -0.2) is 4.79 Å². The number of carbonyl (C=O) groups is 3. The van der Waals surface area contributed by atoms with Gasteiger partial charge in [0, 0.05) is 0 Å². The number of amides is 1. The van der Waals surface area contributed by atoms with Crippen LogP contribution < -0.4 is 11.1 Å². The van der Waals surface area contributed by atoms with Crippen molar-refractivity contribution in [1.82, 2.24) is 5.32 Å². The van der Waals surface area contributed by atoms with Gasteiger partial charge in [-0.3, -0.25) is 9.59 Å². The van der Waals surface area contributed by atoms with E-state index < -0.39 is 29.9 Å². The van der Waals surface area contributed by atoms with Gasteiger partial charge in [0.2, 0.25) is 5.91 Å². The second-order valence-electron chi connectivity index (χ2n) is 5.14. The van der Waals surface area contributed by atoms with Crippen LogP contribution in [0.3, 0.4) is 0 Å². The Balaban J connectivity index is 3.95. The number of hydrogen-bond acceptors (Lipinski definition) is 5. The Bertz CT molecular complexity index is 344. The predicted octanol–water partition coefficient (Wildman–Crippen LogP) is 0.273. The van der Waals surface area contributed by atoms with Crippen molar-refractivity contribution in [1.29, 1.82) is 0 Å². The fraction of sp³-hybridized carbons (Fsp3) is 0.769. The predicted molar refractivity (Wildman–Crippen MR) is 72.9 cm³/mol. The standard InChI is InChI=1S/C13H24N2O5/c1-8(2)5-4-6-20-13(19)9(3)15-11(16)7-10(14)12(17)18/h8-10H,4-7,14H2,1-3H3,(H,15,16)(H,17,18). The van der Waals surface area contributed by atoms with Crippen molar-refractivity contribution in [2.45, 2.75) is 52.1 Å². The van der Waals surface area contributed by atoms with Gasteiger partial charge >= 0.3 is 11.9 Å². The number of carboxylic acids is 1. The smallest absolute Gasteiger partial charge is 0.328 e. The van der Waals surface area contributed by atoms with E-state index in [4.69, 9.17) is 15.6 Å². The average molecular weight is 288 g/mol. The molecule has 7 nitrogen and oxygen atoms in total. The highest BCUT2D eigenvalue weighted by Crippen LogP contribution is 2.03. The number of nitrogens with one attached hydrogen (secondary N) is 1. The van der Waals surface area contributed by atoms with Gasteiger partial charge in [0.05, 0.1) is 13.0 Å². The van der Waals surface area contributed by atoms with Gasteiger partial charge < -0.3 is 20.9 Å². The zero-order valence-corrected chi connectivity index (χ0v) is 12.2. The lowest BCUT2D eigenvalue weighted by Gasteiger charge is -2.14. The van der Waals surface area contributed by atoms with Crippen LogP contribution in [-0.4, -0.2) is 41.6 Å². The van der Waals surface area contributed by atoms with Crippen LogP contribution in [0.1, 0.15) is 40.0 Å². The molecule has 7 heteroatoms. The molecule has 2 unspecified atom stereocenters. The first kappa shape index (κ1) is 18.4. The van der Waals surface area contributed by atoms with E-state index in [0.717, 1.165) is 12.8 Å². The Kier molecular flexibility index (Phi) is 8.54. The molecule has 0 radical (unpaired) electrons. The highest BCUT2D eigenvalue weighted by atomic mass is 16.5. The molecule has 0 aromatic rings. The van der Waals surface area contributed by atoms with Crippen LogP contribution in [0.25, 0.3) is 0 Å². The summed E-state index contributed by atoms with van der Waals surface area (Å²) in [5.74, 6) is -1.84. The van der Waals surface area contributed by atoms with Crippen LogP contribution in [0, 0.1) is 5.92 Å². The number of nitrogens with two attached hydrogens (primary N) is 1. The molecule has 4 N–H and O–H groups in total. The van der Waals surface area contributed by atoms with Crippen molar-refractivity contribution in [2.75, 3.05) is 6.61 Å². The van der Waals surface area contributed by atoms with Crippen molar-refractivity contribution in [3.05, 3.63) is 0 Å². The lowest BCUT2D eigenvalue weighted by Crippen LogP contribution is -2.43. The van der Waals surface area contributed by atoms with Gasteiger partial charge in [0.1, 0.15) is 12.1 Å². The molecule has 0 aliphatic rings. The Morgan fingerprint density at radius 2 is 1.85 bits per heavy atom. The molecule has 0 bridgehead atoms. The third-order valence-electron chi connectivity index (χ3n) is 2.62. The molecule has 0 aliphatic carbocycles. The minimum Gasteiger partial charge on any atom is -0.480 e. The molecular formula is C13H24N2O5. The molecule has 0 saturated carbocycles. The first-order valence-electron chi connectivity index (χ1n) is 6.68. The first-order valence-corrected chi connectivity index (χ1v) is 6.68.